The van der Waals surface area contributed by atoms with E-state index < -0.39 is 10.0 Å². The number of nitrogens with zero attached hydrogens (tertiary/aromatic N) is 1. The van der Waals surface area contributed by atoms with Crippen LogP contribution in [-0.4, -0.2) is 71.0 Å². The molecule has 0 atom stereocenters. The van der Waals surface area contributed by atoms with Crippen LogP contribution < -0.4 is 18.9 Å². The Labute approximate surface area is 251 Å². The zero-order valence-electron chi connectivity index (χ0n) is 24.0. The van der Waals surface area contributed by atoms with Gasteiger partial charge in [-0.05, 0) is 47.4 Å². The number of benzene rings is 3. The van der Waals surface area contributed by atoms with E-state index in [0.717, 1.165) is 5.56 Å². The van der Waals surface area contributed by atoms with Crippen LogP contribution in [0.25, 0.3) is 0 Å². The highest BCUT2D eigenvalue weighted by Gasteiger charge is 2.27. The number of carbonyl (C=O) groups is 1. The third-order valence-electron chi connectivity index (χ3n) is 6.57. The minimum absolute atomic E-state index is 0.0172. The highest BCUT2D eigenvalue weighted by molar-refractivity contribution is 7.92. The Morgan fingerprint density at radius 1 is 1.05 bits per heavy atom. The van der Waals surface area contributed by atoms with E-state index >= 15 is 0 Å². The van der Waals surface area contributed by atoms with E-state index in [1.807, 2.05) is 20.8 Å². The summed E-state index contributed by atoms with van der Waals surface area (Å²) in [4.78, 5) is 15.1. The number of carbonyl (C=O) groups excluding carboxylic acids is 1. The van der Waals surface area contributed by atoms with Gasteiger partial charge >= 0.3 is 0 Å². The second kappa shape index (κ2) is 13.2. The molecule has 0 unspecified atom stereocenters. The third kappa shape index (κ3) is 7.46. The molecule has 42 heavy (non-hydrogen) atoms. The number of sulfonamides is 1. The molecule has 10 nitrogen and oxygen atoms in total. The maximum atomic E-state index is 13.6. The van der Waals surface area contributed by atoms with Gasteiger partial charge < -0.3 is 29.0 Å². The molecule has 1 saturated heterocycles. The molecule has 0 radical (unpaired) electrons. The zero-order chi connectivity index (χ0) is 30.5. The standard InChI is InChI=1S/C30H35ClN2O8S/c1-30(2,3)21-5-8-23(9-6-21)42(36,37)32-25-17-20(29(35)33-11-14-39-15-12-33)18-27(40-16-13-34)28(25)41-26-19-22(38-4)7-10-24(26)31/h5-10,17-19,32,34H,11-16H2,1-4H3. The summed E-state index contributed by atoms with van der Waals surface area (Å²) in [6, 6.07) is 14.2. The predicted molar refractivity (Wildman–Crippen MR) is 160 cm³/mol. The minimum atomic E-state index is -4.16. The molecule has 1 aliphatic rings. The van der Waals surface area contributed by atoms with Crippen molar-refractivity contribution in [2.24, 2.45) is 0 Å². The normalized spacial score (nSPS) is 13.9. The molecule has 3 aromatic rings. The lowest BCUT2D eigenvalue weighted by atomic mass is 9.87. The van der Waals surface area contributed by atoms with Gasteiger partial charge in [0.05, 0.1) is 42.5 Å². The molecule has 2 N–H and O–H groups in total. The zero-order valence-corrected chi connectivity index (χ0v) is 25.5. The van der Waals surface area contributed by atoms with Crippen LogP contribution in [0.4, 0.5) is 5.69 Å². The molecule has 0 bridgehead atoms. The van der Waals surface area contributed by atoms with Crippen molar-refractivity contribution in [1.29, 1.82) is 0 Å². The number of rotatable bonds is 10. The molecule has 0 aromatic heterocycles. The summed E-state index contributed by atoms with van der Waals surface area (Å²) in [6.45, 7) is 7.17. The fourth-order valence-corrected chi connectivity index (χ4v) is 5.46. The van der Waals surface area contributed by atoms with Gasteiger partial charge in [0.1, 0.15) is 18.1 Å². The van der Waals surface area contributed by atoms with E-state index in [4.69, 9.17) is 30.5 Å². The van der Waals surface area contributed by atoms with Crippen LogP contribution in [0.2, 0.25) is 5.02 Å². The highest BCUT2D eigenvalue weighted by Crippen LogP contribution is 2.44. The molecule has 0 aliphatic carbocycles. The van der Waals surface area contributed by atoms with Gasteiger partial charge in [0, 0.05) is 24.7 Å². The van der Waals surface area contributed by atoms with Crippen molar-refractivity contribution >= 4 is 33.2 Å². The molecule has 12 heteroatoms. The number of nitrogens with one attached hydrogen (secondary N) is 1. The summed E-state index contributed by atoms with van der Waals surface area (Å²) < 4.78 is 52.4. The topological polar surface area (TPSA) is 124 Å². The lowest BCUT2D eigenvalue weighted by molar-refractivity contribution is 0.0302. The second-order valence-corrected chi connectivity index (χ2v) is 12.7. The largest absolute Gasteiger partial charge is 0.497 e. The molecule has 226 valence electrons. The van der Waals surface area contributed by atoms with Crippen LogP contribution in [0.15, 0.2) is 59.5 Å². The lowest BCUT2D eigenvalue weighted by Crippen LogP contribution is -2.40. The molecule has 0 saturated carbocycles. The highest BCUT2D eigenvalue weighted by atomic mass is 35.5. The number of halogens is 1. The smallest absolute Gasteiger partial charge is 0.262 e. The summed E-state index contributed by atoms with van der Waals surface area (Å²) in [5.41, 5.74) is 0.909. The second-order valence-electron chi connectivity index (χ2n) is 10.6. The van der Waals surface area contributed by atoms with Crippen molar-refractivity contribution in [2.45, 2.75) is 31.1 Å². The van der Waals surface area contributed by atoms with Crippen molar-refractivity contribution in [2.75, 3.05) is 51.3 Å². The monoisotopic (exact) mass is 618 g/mol. The number of morpholine rings is 1. The Balaban J connectivity index is 1.83. The van der Waals surface area contributed by atoms with Gasteiger partial charge in [0.15, 0.2) is 11.5 Å². The lowest BCUT2D eigenvalue weighted by Gasteiger charge is -2.27. The Morgan fingerprint density at radius 2 is 1.74 bits per heavy atom. The van der Waals surface area contributed by atoms with Crippen LogP contribution in [-0.2, 0) is 20.2 Å². The average molecular weight is 619 g/mol. The van der Waals surface area contributed by atoms with Gasteiger partial charge in [0.2, 0.25) is 0 Å². The van der Waals surface area contributed by atoms with E-state index in [2.05, 4.69) is 4.72 Å². The molecule has 4 rings (SSSR count). The molecule has 0 spiro atoms. The fourth-order valence-electron chi connectivity index (χ4n) is 4.26. The van der Waals surface area contributed by atoms with E-state index in [9.17, 15) is 18.3 Å². The number of ether oxygens (including phenoxy) is 4. The third-order valence-corrected chi connectivity index (χ3v) is 8.27. The van der Waals surface area contributed by atoms with Gasteiger partial charge in [-0.3, -0.25) is 9.52 Å². The number of aliphatic hydroxyl groups is 1. The molecule has 1 aliphatic heterocycles. The maximum Gasteiger partial charge on any atom is 0.262 e. The summed E-state index contributed by atoms with van der Waals surface area (Å²) >= 11 is 6.40. The molecule has 3 aromatic carbocycles. The first-order chi connectivity index (χ1) is 19.9. The predicted octanol–water partition coefficient (Wildman–Crippen LogP) is 5.08. The van der Waals surface area contributed by atoms with Gasteiger partial charge in [-0.15, -0.1) is 0 Å². The van der Waals surface area contributed by atoms with Crippen molar-refractivity contribution in [3.8, 4) is 23.0 Å². The molecular formula is C30H35ClN2O8S. The van der Waals surface area contributed by atoms with E-state index in [1.54, 1.807) is 29.2 Å². The SMILES string of the molecule is COc1ccc(Cl)c(Oc2c(NS(=O)(=O)c3ccc(C(C)(C)C)cc3)cc(C(=O)N3CCOCC3)cc2OCCO)c1. The molecule has 1 fully saturated rings. The summed E-state index contributed by atoms with van der Waals surface area (Å²) in [7, 11) is -2.67. The van der Waals surface area contributed by atoms with Gasteiger partial charge in [-0.1, -0.05) is 44.5 Å². The van der Waals surface area contributed by atoms with Crippen molar-refractivity contribution < 1.29 is 37.3 Å². The molecule has 1 heterocycles. The Hall–Kier alpha value is -3.51. The van der Waals surface area contributed by atoms with Gasteiger partial charge in [-0.25, -0.2) is 8.42 Å². The number of hydrogen-bond acceptors (Lipinski definition) is 8. The van der Waals surface area contributed by atoms with Gasteiger partial charge in [0.25, 0.3) is 15.9 Å². The first-order valence-electron chi connectivity index (χ1n) is 13.4. The number of anilines is 1. The summed E-state index contributed by atoms with van der Waals surface area (Å²) in [5, 5.41) is 9.71. The first-order valence-corrected chi connectivity index (χ1v) is 15.2. The number of methoxy groups -OCH3 is 1. The summed E-state index contributed by atoms with van der Waals surface area (Å²) in [6.07, 6.45) is 0. The van der Waals surface area contributed by atoms with E-state index in [-0.39, 0.29) is 63.0 Å². The van der Waals surface area contributed by atoms with E-state index in [0.29, 0.717) is 32.1 Å². The first kappa shape index (κ1) is 31.4. The molecule has 1 amide bonds. The Morgan fingerprint density at radius 3 is 2.36 bits per heavy atom. The summed E-state index contributed by atoms with van der Waals surface area (Å²) in [5.74, 6) is 0.252. The van der Waals surface area contributed by atoms with Crippen molar-refractivity contribution in [1.82, 2.24) is 4.90 Å². The molecular weight excluding hydrogens is 584 g/mol. The number of hydrogen-bond donors (Lipinski definition) is 2. The number of aliphatic hydroxyl groups excluding tert-OH is 1. The minimum Gasteiger partial charge on any atom is -0.497 e. The fraction of sp³-hybridized carbons (Fsp3) is 0.367. The Kier molecular flexibility index (Phi) is 9.88. The van der Waals surface area contributed by atoms with Crippen LogP contribution in [0.5, 0.6) is 23.0 Å². The number of amides is 1. The van der Waals surface area contributed by atoms with Gasteiger partial charge in [-0.2, -0.15) is 0 Å². The van der Waals surface area contributed by atoms with Crippen LogP contribution in [0.1, 0.15) is 36.7 Å². The Bertz CT molecular complexity index is 1520. The maximum absolute atomic E-state index is 13.6. The van der Waals surface area contributed by atoms with E-state index in [1.165, 1.54) is 37.4 Å². The van der Waals surface area contributed by atoms with Crippen LogP contribution in [0.3, 0.4) is 0 Å². The van der Waals surface area contributed by atoms with Crippen molar-refractivity contribution in [3.05, 3.63) is 70.7 Å². The van der Waals surface area contributed by atoms with Crippen LogP contribution in [0, 0.1) is 0 Å². The van der Waals surface area contributed by atoms with Crippen molar-refractivity contribution in [3.63, 3.8) is 0 Å². The quantitative estimate of drug-likeness (QED) is 0.322. The van der Waals surface area contributed by atoms with Crippen LogP contribution >= 0.6 is 11.6 Å². The average Bonchev–Trinajstić information content (AvgIpc) is 2.97.